The maximum Gasteiger partial charge on any atom is 0.313 e. The molecule has 0 aliphatic heterocycles. The summed E-state index contributed by atoms with van der Waals surface area (Å²) < 4.78 is 18.4. The Labute approximate surface area is 92.2 Å². The topological polar surface area (TPSA) is 52.4 Å². The van der Waals surface area contributed by atoms with Crippen molar-refractivity contribution in [3.05, 3.63) is 34.1 Å². The number of rotatable bonds is 3. The Bertz CT molecular complexity index is 402. The molecule has 0 amide bonds. The van der Waals surface area contributed by atoms with Crippen LogP contribution in [-0.2, 0) is 0 Å². The number of hydrogen-bond acceptors (Lipinski definition) is 3. The lowest BCUT2D eigenvalue weighted by Gasteiger charge is -2.12. The minimum absolute atomic E-state index is 0.0316. The van der Waals surface area contributed by atoms with E-state index in [9.17, 15) is 14.5 Å². The van der Waals surface area contributed by atoms with Crippen molar-refractivity contribution in [2.24, 2.45) is 0 Å². The quantitative estimate of drug-likeness (QED) is 0.586. The number of ether oxygens (including phenoxy) is 1. The van der Waals surface area contributed by atoms with Gasteiger partial charge < -0.3 is 4.74 Å². The molecular weight excluding hydrogens is 213 g/mol. The maximum atomic E-state index is 12.9. The zero-order chi connectivity index (χ0) is 11.5. The Morgan fingerprint density at radius 2 is 2.06 bits per heavy atom. The van der Waals surface area contributed by atoms with E-state index in [0.29, 0.717) is 0 Å². The maximum absolute atomic E-state index is 12.9. The minimum Gasteiger partial charge on any atom is -0.484 e. The molecule has 1 aromatic rings. The molecule has 0 saturated heterocycles. The molecular formula is C11H12FNO3. The molecule has 0 bridgehead atoms. The van der Waals surface area contributed by atoms with E-state index in [1.165, 1.54) is 12.1 Å². The van der Waals surface area contributed by atoms with Crippen LogP contribution in [0.25, 0.3) is 0 Å². The van der Waals surface area contributed by atoms with Crippen LogP contribution in [0.1, 0.15) is 25.7 Å². The van der Waals surface area contributed by atoms with Crippen molar-refractivity contribution in [3.8, 4) is 5.75 Å². The van der Waals surface area contributed by atoms with Crippen molar-refractivity contribution in [1.82, 2.24) is 0 Å². The largest absolute Gasteiger partial charge is 0.484 e. The summed E-state index contributed by atoms with van der Waals surface area (Å²) in [4.78, 5) is 10.1. The van der Waals surface area contributed by atoms with Gasteiger partial charge in [0.25, 0.3) is 0 Å². The molecule has 5 heteroatoms. The highest BCUT2D eigenvalue weighted by atomic mass is 19.1. The van der Waals surface area contributed by atoms with Gasteiger partial charge >= 0.3 is 5.69 Å². The zero-order valence-corrected chi connectivity index (χ0v) is 8.69. The molecule has 1 fully saturated rings. The summed E-state index contributed by atoms with van der Waals surface area (Å²) in [5.41, 5.74) is -0.299. The fourth-order valence-corrected chi connectivity index (χ4v) is 1.92. The molecule has 0 atom stereocenters. The van der Waals surface area contributed by atoms with Crippen LogP contribution in [0.4, 0.5) is 10.1 Å². The zero-order valence-electron chi connectivity index (χ0n) is 8.69. The number of halogens is 1. The van der Waals surface area contributed by atoms with E-state index in [-0.39, 0.29) is 17.5 Å². The molecule has 1 aromatic carbocycles. The second-order valence-electron chi connectivity index (χ2n) is 3.89. The molecule has 1 aliphatic rings. The Balaban J connectivity index is 2.21. The van der Waals surface area contributed by atoms with Crippen LogP contribution >= 0.6 is 0 Å². The van der Waals surface area contributed by atoms with E-state index in [4.69, 9.17) is 4.74 Å². The van der Waals surface area contributed by atoms with Gasteiger partial charge in [-0.05, 0) is 37.8 Å². The molecule has 86 valence electrons. The Morgan fingerprint density at radius 3 is 2.69 bits per heavy atom. The number of nitro benzene ring substituents is 1. The van der Waals surface area contributed by atoms with Crippen molar-refractivity contribution >= 4 is 5.69 Å². The van der Waals surface area contributed by atoms with Crippen molar-refractivity contribution in [1.29, 1.82) is 0 Å². The van der Waals surface area contributed by atoms with Crippen molar-refractivity contribution in [2.45, 2.75) is 31.8 Å². The van der Waals surface area contributed by atoms with E-state index in [1.54, 1.807) is 0 Å². The van der Waals surface area contributed by atoms with Crippen LogP contribution in [0.5, 0.6) is 5.75 Å². The smallest absolute Gasteiger partial charge is 0.313 e. The Morgan fingerprint density at radius 1 is 1.38 bits per heavy atom. The standard InChI is InChI=1S/C11H12FNO3/c12-8-5-6-11(10(7-8)13(14)15)16-9-3-1-2-4-9/h5-7,9H,1-4H2. The molecule has 16 heavy (non-hydrogen) atoms. The van der Waals surface area contributed by atoms with Gasteiger partial charge in [0, 0.05) is 0 Å². The summed E-state index contributed by atoms with van der Waals surface area (Å²) in [6.45, 7) is 0. The molecule has 2 rings (SSSR count). The molecule has 0 unspecified atom stereocenters. The number of nitro groups is 1. The average Bonchev–Trinajstić information content (AvgIpc) is 2.73. The lowest BCUT2D eigenvalue weighted by atomic mass is 10.2. The van der Waals surface area contributed by atoms with Crippen LogP contribution < -0.4 is 4.74 Å². The first-order valence-corrected chi connectivity index (χ1v) is 5.27. The van der Waals surface area contributed by atoms with Gasteiger partial charge in [0.1, 0.15) is 5.82 Å². The minimum atomic E-state index is -0.620. The number of benzene rings is 1. The monoisotopic (exact) mass is 225 g/mol. The Kier molecular flexibility index (Phi) is 3.03. The highest BCUT2D eigenvalue weighted by Crippen LogP contribution is 2.31. The Hall–Kier alpha value is -1.65. The summed E-state index contributed by atoms with van der Waals surface area (Å²) in [5, 5.41) is 10.7. The summed E-state index contributed by atoms with van der Waals surface area (Å²) in [5.74, 6) is -0.455. The summed E-state index contributed by atoms with van der Waals surface area (Å²) in [6, 6.07) is 3.40. The average molecular weight is 225 g/mol. The summed E-state index contributed by atoms with van der Waals surface area (Å²) >= 11 is 0. The summed E-state index contributed by atoms with van der Waals surface area (Å²) in [7, 11) is 0. The molecule has 1 aliphatic carbocycles. The fraction of sp³-hybridized carbons (Fsp3) is 0.455. The molecule has 0 heterocycles. The van der Waals surface area contributed by atoms with Crippen LogP contribution in [-0.4, -0.2) is 11.0 Å². The predicted molar refractivity (Wildman–Crippen MR) is 55.9 cm³/mol. The predicted octanol–water partition coefficient (Wildman–Crippen LogP) is 3.06. The molecule has 0 spiro atoms. The van der Waals surface area contributed by atoms with Gasteiger partial charge in [-0.1, -0.05) is 0 Å². The van der Waals surface area contributed by atoms with Gasteiger partial charge in [0.05, 0.1) is 17.1 Å². The van der Waals surface area contributed by atoms with Gasteiger partial charge in [0.2, 0.25) is 0 Å². The van der Waals surface area contributed by atoms with Crippen molar-refractivity contribution in [3.63, 3.8) is 0 Å². The SMILES string of the molecule is O=[N+]([O-])c1cc(F)ccc1OC1CCCC1. The third-order valence-electron chi connectivity index (χ3n) is 2.71. The number of hydrogen-bond donors (Lipinski definition) is 0. The van der Waals surface area contributed by atoms with Gasteiger partial charge in [-0.3, -0.25) is 10.1 Å². The van der Waals surface area contributed by atoms with E-state index in [1.807, 2.05) is 0 Å². The highest BCUT2D eigenvalue weighted by Gasteiger charge is 2.22. The van der Waals surface area contributed by atoms with Crippen molar-refractivity contribution < 1.29 is 14.1 Å². The van der Waals surface area contributed by atoms with Crippen LogP contribution in [0.3, 0.4) is 0 Å². The van der Waals surface area contributed by atoms with Crippen molar-refractivity contribution in [2.75, 3.05) is 0 Å². The van der Waals surface area contributed by atoms with E-state index in [2.05, 4.69) is 0 Å². The first-order chi connectivity index (χ1) is 7.66. The summed E-state index contributed by atoms with van der Waals surface area (Å²) in [6.07, 6.45) is 4.02. The third kappa shape index (κ3) is 2.29. The van der Waals surface area contributed by atoms with Gasteiger partial charge in [-0.2, -0.15) is 0 Å². The fourth-order valence-electron chi connectivity index (χ4n) is 1.92. The van der Waals surface area contributed by atoms with Crippen LogP contribution in [0, 0.1) is 15.9 Å². The first kappa shape index (κ1) is 10.9. The lowest BCUT2D eigenvalue weighted by Crippen LogP contribution is -2.12. The normalized spacial score (nSPS) is 16.3. The molecule has 4 nitrogen and oxygen atoms in total. The first-order valence-electron chi connectivity index (χ1n) is 5.27. The van der Waals surface area contributed by atoms with Crippen LogP contribution in [0.15, 0.2) is 18.2 Å². The van der Waals surface area contributed by atoms with E-state index >= 15 is 0 Å². The third-order valence-corrected chi connectivity index (χ3v) is 2.71. The second kappa shape index (κ2) is 4.47. The lowest BCUT2D eigenvalue weighted by molar-refractivity contribution is -0.386. The molecule has 0 N–H and O–H groups in total. The van der Waals surface area contributed by atoms with Gasteiger partial charge in [-0.15, -0.1) is 0 Å². The van der Waals surface area contributed by atoms with Crippen LogP contribution in [0.2, 0.25) is 0 Å². The number of nitrogens with zero attached hydrogens (tertiary/aromatic N) is 1. The van der Waals surface area contributed by atoms with E-state index < -0.39 is 10.7 Å². The molecule has 1 saturated carbocycles. The highest BCUT2D eigenvalue weighted by molar-refractivity contribution is 5.46. The molecule has 0 aromatic heterocycles. The van der Waals surface area contributed by atoms with E-state index in [0.717, 1.165) is 31.7 Å². The van der Waals surface area contributed by atoms with Gasteiger partial charge in [-0.25, -0.2) is 4.39 Å². The second-order valence-corrected chi connectivity index (χ2v) is 3.89. The molecule has 0 radical (unpaired) electrons. The van der Waals surface area contributed by atoms with Gasteiger partial charge in [0.15, 0.2) is 5.75 Å².